The van der Waals surface area contributed by atoms with Crippen molar-refractivity contribution in [1.82, 2.24) is 4.90 Å². The maximum atomic E-state index is 10.4. The van der Waals surface area contributed by atoms with Gasteiger partial charge in [-0.15, -0.1) is 0 Å². The Hall–Kier alpha value is -0.350. The monoisotopic (exact) mass is 221 g/mol. The van der Waals surface area contributed by atoms with Gasteiger partial charge in [-0.1, -0.05) is 22.5 Å². The van der Waals surface area contributed by atoms with Crippen LogP contribution in [0, 0.1) is 0 Å². The molecule has 0 bridgehead atoms. The van der Waals surface area contributed by atoms with Crippen molar-refractivity contribution < 1.29 is 9.90 Å². The summed E-state index contributed by atoms with van der Waals surface area (Å²) in [5.74, 6) is -0.818. The first-order valence-corrected chi connectivity index (χ1v) is 4.00. The largest absolute Gasteiger partial charge is 0.480 e. The molecule has 0 aromatic rings. The first-order chi connectivity index (χ1) is 4.95. The predicted octanol–water partition coefficient (Wildman–Crippen LogP) is 1.30. The molecule has 0 heterocycles. The molecule has 1 N–H and O–H groups in total. The van der Waals surface area contributed by atoms with Crippen molar-refractivity contribution in [2.24, 2.45) is 0 Å². The molecule has 1 atom stereocenters. The summed E-state index contributed by atoms with van der Waals surface area (Å²) in [6.07, 6.45) is 0. The van der Waals surface area contributed by atoms with E-state index in [-0.39, 0.29) is 0 Å². The lowest BCUT2D eigenvalue weighted by Crippen LogP contribution is -2.36. The van der Waals surface area contributed by atoms with Crippen LogP contribution in [0.2, 0.25) is 0 Å². The minimum atomic E-state index is -0.818. The maximum absolute atomic E-state index is 10.4. The van der Waals surface area contributed by atoms with Crippen molar-refractivity contribution in [3.05, 3.63) is 11.1 Å². The van der Waals surface area contributed by atoms with E-state index in [0.29, 0.717) is 6.54 Å². The van der Waals surface area contributed by atoms with Crippen molar-refractivity contribution in [3.8, 4) is 0 Å². The average Bonchev–Trinajstić information content (AvgIpc) is 1.84. The van der Waals surface area contributed by atoms with Gasteiger partial charge in [0.05, 0.1) is 0 Å². The molecule has 11 heavy (non-hydrogen) atoms. The summed E-state index contributed by atoms with van der Waals surface area (Å²) >= 11 is 3.16. The standard InChI is InChI=1S/C7H12BrNO2/c1-5(8)4-9(3)6(2)7(10)11/h6H,1,4H2,2-3H3,(H,10,11). The van der Waals surface area contributed by atoms with Gasteiger partial charge in [0.2, 0.25) is 0 Å². The number of hydrogen-bond donors (Lipinski definition) is 1. The normalized spacial score (nSPS) is 13.1. The van der Waals surface area contributed by atoms with Crippen molar-refractivity contribution in [2.45, 2.75) is 13.0 Å². The fourth-order valence-corrected chi connectivity index (χ4v) is 0.992. The second-order valence-corrected chi connectivity index (χ2v) is 3.57. The molecule has 0 radical (unpaired) electrons. The van der Waals surface area contributed by atoms with Crippen LogP contribution in [0.3, 0.4) is 0 Å². The van der Waals surface area contributed by atoms with Crippen LogP contribution in [0.4, 0.5) is 0 Å². The Labute approximate surface area is 74.8 Å². The molecule has 0 spiro atoms. The molecule has 0 aromatic heterocycles. The van der Waals surface area contributed by atoms with Gasteiger partial charge in [-0.2, -0.15) is 0 Å². The highest BCUT2D eigenvalue weighted by atomic mass is 79.9. The third kappa shape index (κ3) is 4.16. The van der Waals surface area contributed by atoms with Crippen LogP contribution in [0.25, 0.3) is 0 Å². The number of carbonyl (C=O) groups is 1. The van der Waals surface area contributed by atoms with Gasteiger partial charge in [-0.25, -0.2) is 0 Å². The zero-order valence-electron chi connectivity index (χ0n) is 6.67. The number of rotatable bonds is 4. The van der Waals surface area contributed by atoms with Gasteiger partial charge in [0, 0.05) is 11.0 Å². The molecule has 0 fully saturated rings. The van der Waals surface area contributed by atoms with Crippen LogP contribution in [0.1, 0.15) is 6.92 Å². The topological polar surface area (TPSA) is 40.5 Å². The van der Waals surface area contributed by atoms with E-state index in [1.165, 1.54) is 0 Å². The number of likely N-dealkylation sites (N-methyl/N-ethyl adjacent to an activating group) is 1. The average molecular weight is 222 g/mol. The minimum absolute atomic E-state index is 0.468. The van der Waals surface area contributed by atoms with E-state index in [0.717, 1.165) is 4.48 Å². The Balaban J connectivity index is 3.92. The van der Waals surface area contributed by atoms with Crippen LogP contribution >= 0.6 is 15.9 Å². The lowest BCUT2D eigenvalue weighted by atomic mass is 10.3. The Kier molecular flexibility index (Phi) is 4.37. The number of carboxylic acid groups (broad SMARTS) is 1. The van der Waals surface area contributed by atoms with E-state index >= 15 is 0 Å². The van der Waals surface area contributed by atoms with E-state index in [1.807, 2.05) is 0 Å². The Bertz CT molecular complexity index is 170. The zero-order valence-corrected chi connectivity index (χ0v) is 8.26. The van der Waals surface area contributed by atoms with Crippen LogP contribution in [0.5, 0.6) is 0 Å². The van der Waals surface area contributed by atoms with Gasteiger partial charge in [-0.3, -0.25) is 9.69 Å². The number of aliphatic carboxylic acids is 1. The molecule has 0 rings (SSSR count). The second kappa shape index (κ2) is 4.51. The summed E-state index contributed by atoms with van der Waals surface area (Å²) in [6.45, 7) is 5.81. The second-order valence-electron chi connectivity index (χ2n) is 2.45. The number of halogens is 1. The quantitative estimate of drug-likeness (QED) is 0.779. The molecule has 3 nitrogen and oxygen atoms in total. The van der Waals surface area contributed by atoms with E-state index in [9.17, 15) is 4.79 Å². The molecule has 0 aliphatic heterocycles. The molecule has 0 saturated carbocycles. The van der Waals surface area contributed by atoms with Crippen LogP contribution < -0.4 is 0 Å². The molecule has 64 valence electrons. The highest BCUT2D eigenvalue weighted by molar-refractivity contribution is 9.11. The van der Waals surface area contributed by atoms with Gasteiger partial charge in [0.25, 0.3) is 0 Å². The van der Waals surface area contributed by atoms with E-state index in [4.69, 9.17) is 5.11 Å². The van der Waals surface area contributed by atoms with Crippen molar-refractivity contribution in [1.29, 1.82) is 0 Å². The van der Waals surface area contributed by atoms with Gasteiger partial charge >= 0.3 is 5.97 Å². The van der Waals surface area contributed by atoms with E-state index < -0.39 is 12.0 Å². The summed E-state index contributed by atoms with van der Waals surface area (Å²) in [5, 5.41) is 8.58. The molecular weight excluding hydrogens is 210 g/mol. The van der Waals surface area contributed by atoms with Gasteiger partial charge in [0.15, 0.2) is 0 Å². The smallest absolute Gasteiger partial charge is 0.320 e. The Morgan fingerprint density at radius 3 is 2.55 bits per heavy atom. The fraction of sp³-hybridized carbons (Fsp3) is 0.571. The molecule has 0 aromatic carbocycles. The van der Waals surface area contributed by atoms with E-state index in [1.54, 1.807) is 18.9 Å². The SMILES string of the molecule is C=C(Br)CN(C)C(C)C(=O)O. The minimum Gasteiger partial charge on any atom is -0.480 e. The number of hydrogen-bond acceptors (Lipinski definition) is 2. The first kappa shape index (κ1) is 10.7. The fourth-order valence-electron chi connectivity index (χ4n) is 0.596. The van der Waals surface area contributed by atoms with Gasteiger partial charge in [-0.05, 0) is 14.0 Å². The van der Waals surface area contributed by atoms with Crippen molar-refractivity contribution in [3.63, 3.8) is 0 Å². The molecule has 0 aliphatic carbocycles. The lowest BCUT2D eigenvalue weighted by molar-refractivity contribution is -0.141. The summed E-state index contributed by atoms with van der Waals surface area (Å²) in [4.78, 5) is 12.1. The summed E-state index contributed by atoms with van der Waals surface area (Å²) in [6, 6.07) is -0.468. The van der Waals surface area contributed by atoms with Gasteiger partial charge < -0.3 is 5.11 Å². The van der Waals surface area contributed by atoms with E-state index in [2.05, 4.69) is 22.5 Å². The van der Waals surface area contributed by atoms with Gasteiger partial charge in [0.1, 0.15) is 6.04 Å². The first-order valence-electron chi connectivity index (χ1n) is 3.21. The molecule has 4 heteroatoms. The van der Waals surface area contributed by atoms with Crippen molar-refractivity contribution >= 4 is 21.9 Å². The molecule has 0 aliphatic rings. The molecule has 1 unspecified atom stereocenters. The highest BCUT2D eigenvalue weighted by Crippen LogP contribution is 2.05. The zero-order chi connectivity index (χ0) is 9.02. The third-order valence-electron chi connectivity index (χ3n) is 1.44. The summed E-state index contributed by atoms with van der Waals surface area (Å²) in [7, 11) is 1.74. The molecular formula is C7H12BrNO2. The maximum Gasteiger partial charge on any atom is 0.320 e. The number of nitrogens with zero attached hydrogens (tertiary/aromatic N) is 1. The van der Waals surface area contributed by atoms with Crippen LogP contribution in [-0.2, 0) is 4.79 Å². The molecule has 0 saturated heterocycles. The number of carboxylic acids is 1. The highest BCUT2D eigenvalue weighted by Gasteiger charge is 2.15. The van der Waals surface area contributed by atoms with Crippen molar-refractivity contribution in [2.75, 3.05) is 13.6 Å². The van der Waals surface area contributed by atoms with Crippen LogP contribution in [0.15, 0.2) is 11.1 Å². The lowest BCUT2D eigenvalue weighted by Gasteiger charge is -2.19. The molecule has 0 amide bonds. The Morgan fingerprint density at radius 1 is 1.82 bits per heavy atom. The third-order valence-corrected chi connectivity index (χ3v) is 1.69. The summed E-state index contributed by atoms with van der Waals surface area (Å²) in [5.41, 5.74) is 0. The Morgan fingerprint density at radius 2 is 2.27 bits per heavy atom. The predicted molar refractivity (Wildman–Crippen MR) is 47.8 cm³/mol. The summed E-state index contributed by atoms with van der Waals surface area (Å²) < 4.78 is 0.785. The van der Waals surface area contributed by atoms with Crippen LogP contribution in [-0.4, -0.2) is 35.6 Å².